The summed E-state index contributed by atoms with van der Waals surface area (Å²) >= 11 is 0. The van der Waals surface area contributed by atoms with Gasteiger partial charge < -0.3 is 19.6 Å². The van der Waals surface area contributed by atoms with Crippen molar-refractivity contribution in [1.82, 2.24) is 5.32 Å². The quantitative estimate of drug-likeness (QED) is 0.839. The molecule has 1 N–H and O–H groups in total. The van der Waals surface area contributed by atoms with Crippen molar-refractivity contribution in [2.75, 3.05) is 26.4 Å². The molecule has 3 aliphatic rings. The lowest BCUT2D eigenvalue weighted by Gasteiger charge is -2.38. The van der Waals surface area contributed by atoms with Gasteiger partial charge in [-0.15, -0.1) is 0 Å². The van der Waals surface area contributed by atoms with Crippen molar-refractivity contribution in [3.63, 3.8) is 0 Å². The summed E-state index contributed by atoms with van der Waals surface area (Å²) in [7, 11) is 0. The van der Waals surface area contributed by atoms with Gasteiger partial charge in [-0.25, -0.2) is 4.39 Å². The summed E-state index contributed by atoms with van der Waals surface area (Å²) < 4.78 is 24.2. The first kappa shape index (κ1) is 19.3. The molecule has 1 aromatic rings. The van der Waals surface area contributed by atoms with Crippen LogP contribution in [0.15, 0.2) is 29.4 Å². The molecular formula is C21H27FN2O4. The molecule has 0 unspecified atom stereocenters. The molecular weight excluding hydrogens is 363 g/mol. The molecule has 28 heavy (non-hydrogen) atoms. The molecule has 1 aromatic carbocycles. The normalized spacial score (nSPS) is 27.0. The third-order valence-electron chi connectivity index (χ3n) is 5.96. The van der Waals surface area contributed by atoms with Crippen LogP contribution in [-0.4, -0.2) is 50.2 Å². The van der Waals surface area contributed by atoms with Crippen molar-refractivity contribution in [3.05, 3.63) is 35.6 Å². The van der Waals surface area contributed by atoms with Crippen LogP contribution in [0.5, 0.6) is 0 Å². The first-order valence-electron chi connectivity index (χ1n) is 10.1. The van der Waals surface area contributed by atoms with Crippen molar-refractivity contribution in [2.45, 2.75) is 50.7 Å². The SMILES string of the molecule is O=C(N[C@H]1CCCOC1)C1(C[C@@H]2CC(c3ccc(F)cc3)=NO2)CCOCC1. The lowest BCUT2D eigenvalue weighted by Crippen LogP contribution is -2.51. The second-order valence-corrected chi connectivity index (χ2v) is 7.96. The van der Waals surface area contributed by atoms with Crippen LogP contribution in [0.25, 0.3) is 0 Å². The molecule has 2 atom stereocenters. The number of nitrogens with one attached hydrogen (secondary N) is 1. The monoisotopic (exact) mass is 390 g/mol. The first-order valence-corrected chi connectivity index (χ1v) is 10.1. The fraction of sp³-hybridized carbons (Fsp3) is 0.619. The minimum Gasteiger partial charge on any atom is -0.392 e. The van der Waals surface area contributed by atoms with Crippen LogP contribution in [0.4, 0.5) is 4.39 Å². The summed E-state index contributed by atoms with van der Waals surface area (Å²) in [4.78, 5) is 18.9. The average molecular weight is 390 g/mol. The van der Waals surface area contributed by atoms with E-state index in [1.54, 1.807) is 12.1 Å². The highest BCUT2D eigenvalue weighted by Gasteiger charge is 2.44. The Kier molecular flexibility index (Phi) is 5.92. The maximum absolute atomic E-state index is 13.2. The average Bonchev–Trinajstić information content (AvgIpc) is 3.18. The fourth-order valence-corrected chi connectivity index (χ4v) is 4.27. The van der Waals surface area contributed by atoms with Crippen molar-refractivity contribution < 1.29 is 23.5 Å². The van der Waals surface area contributed by atoms with E-state index in [-0.39, 0.29) is 23.9 Å². The maximum Gasteiger partial charge on any atom is 0.226 e. The Morgan fingerprint density at radius 2 is 1.96 bits per heavy atom. The third-order valence-corrected chi connectivity index (χ3v) is 5.96. The number of hydrogen-bond acceptors (Lipinski definition) is 5. The summed E-state index contributed by atoms with van der Waals surface area (Å²) in [5.41, 5.74) is 1.15. The number of hydrogen-bond donors (Lipinski definition) is 1. The molecule has 3 aliphatic heterocycles. The van der Waals surface area contributed by atoms with Gasteiger partial charge >= 0.3 is 0 Å². The second-order valence-electron chi connectivity index (χ2n) is 7.96. The van der Waals surface area contributed by atoms with Gasteiger partial charge in [0.1, 0.15) is 11.9 Å². The molecule has 6 nitrogen and oxygen atoms in total. The van der Waals surface area contributed by atoms with Crippen molar-refractivity contribution in [3.8, 4) is 0 Å². The van der Waals surface area contributed by atoms with E-state index in [0.717, 1.165) is 30.7 Å². The molecule has 152 valence electrons. The minimum atomic E-state index is -0.506. The zero-order chi connectivity index (χ0) is 19.4. The van der Waals surface area contributed by atoms with E-state index in [0.29, 0.717) is 45.5 Å². The predicted molar refractivity (Wildman–Crippen MR) is 102 cm³/mol. The van der Waals surface area contributed by atoms with Gasteiger partial charge in [0.15, 0.2) is 0 Å². The summed E-state index contributed by atoms with van der Waals surface area (Å²) in [5.74, 6) is -0.200. The number of benzene rings is 1. The van der Waals surface area contributed by atoms with E-state index < -0.39 is 5.41 Å². The summed E-state index contributed by atoms with van der Waals surface area (Å²) in [6.45, 7) is 2.50. The van der Waals surface area contributed by atoms with E-state index in [1.165, 1.54) is 12.1 Å². The summed E-state index contributed by atoms with van der Waals surface area (Å²) in [6, 6.07) is 6.34. The van der Waals surface area contributed by atoms with Gasteiger partial charge in [-0.1, -0.05) is 17.3 Å². The van der Waals surface area contributed by atoms with Gasteiger partial charge in [0.2, 0.25) is 5.91 Å². The summed E-state index contributed by atoms with van der Waals surface area (Å²) in [5, 5.41) is 7.40. The van der Waals surface area contributed by atoms with Crippen LogP contribution < -0.4 is 5.32 Å². The van der Waals surface area contributed by atoms with Crippen molar-refractivity contribution >= 4 is 11.6 Å². The van der Waals surface area contributed by atoms with E-state index in [1.807, 2.05) is 0 Å². The number of halogens is 1. The lowest BCUT2D eigenvalue weighted by atomic mass is 9.74. The Labute approximate surface area is 164 Å². The second kappa shape index (κ2) is 8.57. The van der Waals surface area contributed by atoms with Crippen LogP contribution in [-0.2, 0) is 19.1 Å². The highest BCUT2D eigenvalue weighted by Crippen LogP contribution is 2.39. The molecule has 1 amide bonds. The Morgan fingerprint density at radius 1 is 1.18 bits per heavy atom. The molecule has 0 bridgehead atoms. The lowest BCUT2D eigenvalue weighted by molar-refractivity contribution is -0.141. The third kappa shape index (κ3) is 4.36. The zero-order valence-corrected chi connectivity index (χ0v) is 16.0. The number of nitrogens with zero attached hydrogens (tertiary/aromatic N) is 1. The molecule has 3 heterocycles. The largest absolute Gasteiger partial charge is 0.392 e. The smallest absolute Gasteiger partial charge is 0.226 e. The van der Waals surface area contributed by atoms with E-state index in [9.17, 15) is 9.18 Å². The number of amides is 1. The highest BCUT2D eigenvalue weighted by atomic mass is 19.1. The van der Waals surface area contributed by atoms with E-state index >= 15 is 0 Å². The van der Waals surface area contributed by atoms with Gasteiger partial charge in [-0.05, 0) is 43.4 Å². The van der Waals surface area contributed by atoms with Crippen molar-refractivity contribution in [2.24, 2.45) is 10.6 Å². The molecule has 2 fully saturated rings. The number of carbonyl (C=O) groups is 1. The van der Waals surface area contributed by atoms with Gasteiger partial charge in [0, 0.05) is 32.7 Å². The molecule has 7 heteroatoms. The number of ether oxygens (including phenoxy) is 2. The number of oxime groups is 1. The predicted octanol–water partition coefficient (Wildman–Crippen LogP) is 2.80. The fourth-order valence-electron chi connectivity index (χ4n) is 4.27. The molecule has 0 aromatic heterocycles. The first-order chi connectivity index (χ1) is 13.6. The van der Waals surface area contributed by atoms with E-state index in [2.05, 4.69) is 10.5 Å². The van der Waals surface area contributed by atoms with Gasteiger partial charge in [0.25, 0.3) is 0 Å². The van der Waals surface area contributed by atoms with E-state index in [4.69, 9.17) is 14.3 Å². The van der Waals surface area contributed by atoms with Crippen LogP contribution in [0, 0.1) is 11.2 Å². The van der Waals surface area contributed by atoms with Crippen LogP contribution in [0.3, 0.4) is 0 Å². The van der Waals surface area contributed by atoms with Gasteiger partial charge in [0.05, 0.1) is 23.8 Å². The van der Waals surface area contributed by atoms with Crippen LogP contribution in [0.2, 0.25) is 0 Å². The Hall–Kier alpha value is -1.99. The van der Waals surface area contributed by atoms with Crippen LogP contribution in [0.1, 0.15) is 44.1 Å². The molecule has 0 saturated carbocycles. The molecule has 2 saturated heterocycles. The van der Waals surface area contributed by atoms with Gasteiger partial charge in [-0.3, -0.25) is 4.79 Å². The summed E-state index contributed by atoms with van der Waals surface area (Å²) in [6.07, 6.45) is 4.35. The highest BCUT2D eigenvalue weighted by molar-refractivity contribution is 6.01. The molecule has 0 aliphatic carbocycles. The Morgan fingerprint density at radius 3 is 2.68 bits per heavy atom. The molecule has 0 spiro atoms. The van der Waals surface area contributed by atoms with Crippen molar-refractivity contribution in [1.29, 1.82) is 0 Å². The number of carbonyl (C=O) groups excluding carboxylic acids is 1. The van der Waals surface area contributed by atoms with Crippen LogP contribution >= 0.6 is 0 Å². The zero-order valence-electron chi connectivity index (χ0n) is 16.0. The topological polar surface area (TPSA) is 69.2 Å². The molecule has 4 rings (SSSR count). The Bertz CT molecular complexity index is 710. The standard InChI is InChI=1S/C21H27FN2O4/c22-16-5-3-15(4-6-16)19-12-18(28-24-19)13-21(7-10-26-11-8-21)20(25)23-17-2-1-9-27-14-17/h3-6,17-18H,1-2,7-14H2,(H,23,25)/t17-,18-/m0/s1. The minimum absolute atomic E-state index is 0.0742. The van der Waals surface area contributed by atoms with Gasteiger partial charge in [-0.2, -0.15) is 0 Å². The number of rotatable bonds is 5. The maximum atomic E-state index is 13.2. The Balaban J connectivity index is 1.40. The molecule has 0 radical (unpaired) electrons.